The van der Waals surface area contributed by atoms with E-state index in [-0.39, 0.29) is 11.7 Å². The van der Waals surface area contributed by atoms with Gasteiger partial charge in [0.05, 0.1) is 28.5 Å². The summed E-state index contributed by atoms with van der Waals surface area (Å²) in [5.74, 6) is 0.364. The van der Waals surface area contributed by atoms with Gasteiger partial charge in [-0.05, 0) is 42.8 Å². The van der Waals surface area contributed by atoms with E-state index in [4.69, 9.17) is 0 Å². The number of carbonyl (C=O) groups excluding carboxylic acids is 1. The maximum atomic E-state index is 13.1. The van der Waals surface area contributed by atoms with Crippen molar-refractivity contribution in [3.8, 4) is 11.3 Å². The van der Waals surface area contributed by atoms with Crippen molar-refractivity contribution in [2.45, 2.75) is 12.8 Å². The number of aryl methyl sites for hydroxylation is 1. The first kappa shape index (κ1) is 17.0. The Bertz CT molecular complexity index is 1030. The highest BCUT2D eigenvalue weighted by atomic mass is 19.1. The minimum absolute atomic E-state index is 0.215. The van der Waals surface area contributed by atoms with Gasteiger partial charge in [-0.25, -0.2) is 9.37 Å². The van der Waals surface area contributed by atoms with Crippen molar-refractivity contribution >= 4 is 16.9 Å². The van der Waals surface area contributed by atoms with Crippen molar-refractivity contribution in [1.29, 1.82) is 0 Å². The number of hydrogen-bond acceptors (Lipinski definition) is 3. The van der Waals surface area contributed by atoms with Gasteiger partial charge in [0.25, 0.3) is 5.91 Å². The molecular formula is C20H18FN5O. The third-order valence-electron chi connectivity index (χ3n) is 4.33. The fourth-order valence-electron chi connectivity index (χ4n) is 2.97. The fourth-order valence-corrected chi connectivity index (χ4v) is 2.97. The Morgan fingerprint density at radius 2 is 1.93 bits per heavy atom. The van der Waals surface area contributed by atoms with Crippen LogP contribution in [0.2, 0.25) is 0 Å². The Morgan fingerprint density at radius 3 is 2.74 bits per heavy atom. The molecule has 0 atom stereocenters. The Labute approximate surface area is 154 Å². The van der Waals surface area contributed by atoms with Crippen LogP contribution in [-0.4, -0.2) is 32.6 Å². The molecule has 6 nitrogen and oxygen atoms in total. The number of benzene rings is 2. The van der Waals surface area contributed by atoms with Crippen LogP contribution in [0.25, 0.3) is 22.3 Å². The molecule has 1 amide bonds. The van der Waals surface area contributed by atoms with Crippen LogP contribution in [0.5, 0.6) is 0 Å². The molecule has 2 aromatic carbocycles. The normalized spacial score (nSPS) is 11.0. The highest BCUT2D eigenvalue weighted by molar-refractivity contribution is 5.99. The molecule has 4 rings (SSSR count). The van der Waals surface area contributed by atoms with Crippen LogP contribution < -0.4 is 5.32 Å². The van der Waals surface area contributed by atoms with Gasteiger partial charge in [0.2, 0.25) is 0 Å². The number of fused-ring (bicyclic) bond motifs is 1. The van der Waals surface area contributed by atoms with E-state index in [0.29, 0.717) is 23.4 Å². The first-order valence-corrected chi connectivity index (χ1v) is 8.72. The molecule has 0 radical (unpaired) electrons. The monoisotopic (exact) mass is 363 g/mol. The number of nitrogens with zero attached hydrogens (tertiary/aromatic N) is 2. The Hall–Kier alpha value is -3.48. The van der Waals surface area contributed by atoms with Crippen LogP contribution in [0.4, 0.5) is 4.39 Å². The molecule has 0 saturated heterocycles. The zero-order chi connectivity index (χ0) is 18.6. The third-order valence-corrected chi connectivity index (χ3v) is 4.33. The van der Waals surface area contributed by atoms with Crippen molar-refractivity contribution in [1.82, 2.24) is 25.5 Å². The number of aromatic nitrogens is 4. The van der Waals surface area contributed by atoms with Gasteiger partial charge in [0.1, 0.15) is 11.6 Å². The molecule has 0 aliphatic rings. The molecule has 0 unspecified atom stereocenters. The lowest BCUT2D eigenvalue weighted by molar-refractivity contribution is 0.0954. The molecule has 2 aromatic heterocycles. The Balaban J connectivity index is 1.35. The van der Waals surface area contributed by atoms with Crippen molar-refractivity contribution in [3.63, 3.8) is 0 Å². The van der Waals surface area contributed by atoms with Gasteiger partial charge in [-0.15, -0.1) is 0 Å². The average Bonchev–Trinajstić information content (AvgIpc) is 3.32. The van der Waals surface area contributed by atoms with Crippen LogP contribution in [0.1, 0.15) is 22.6 Å². The first-order valence-electron chi connectivity index (χ1n) is 8.72. The largest absolute Gasteiger partial charge is 0.352 e. The van der Waals surface area contributed by atoms with Crippen molar-refractivity contribution < 1.29 is 9.18 Å². The van der Waals surface area contributed by atoms with E-state index in [2.05, 4.69) is 25.5 Å². The van der Waals surface area contributed by atoms with Crippen LogP contribution in [0, 0.1) is 5.82 Å². The summed E-state index contributed by atoms with van der Waals surface area (Å²) in [5, 5.41) is 9.65. The van der Waals surface area contributed by atoms with E-state index in [1.54, 1.807) is 12.1 Å². The summed E-state index contributed by atoms with van der Waals surface area (Å²) in [7, 11) is 0. The molecule has 7 heteroatoms. The number of aromatic amines is 2. The zero-order valence-corrected chi connectivity index (χ0v) is 14.5. The van der Waals surface area contributed by atoms with Crippen LogP contribution >= 0.6 is 0 Å². The molecular weight excluding hydrogens is 345 g/mol. The zero-order valence-electron chi connectivity index (χ0n) is 14.5. The summed E-state index contributed by atoms with van der Waals surface area (Å²) in [6, 6.07) is 13.8. The van der Waals surface area contributed by atoms with Crippen molar-refractivity contribution in [2.24, 2.45) is 0 Å². The Kier molecular flexibility index (Phi) is 4.65. The summed E-state index contributed by atoms with van der Waals surface area (Å²) in [5.41, 5.74) is 3.68. The van der Waals surface area contributed by atoms with Crippen LogP contribution in [0.3, 0.4) is 0 Å². The van der Waals surface area contributed by atoms with Gasteiger partial charge in [0.15, 0.2) is 0 Å². The lowest BCUT2D eigenvalue weighted by atomic mass is 10.1. The maximum Gasteiger partial charge on any atom is 0.255 e. The molecule has 3 N–H and O–H groups in total. The van der Waals surface area contributed by atoms with E-state index >= 15 is 0 Å². The summed E-state index contributed by atoms with van der Waals surface area (Å²) in [6.45, 7) is 0.518. The average molecular weight is 363 g/mol. The predicted octanol–water partition coefficient (Wildman–Crippen LogP) is 3.45. The SMILES string of the molecule is O=C(NCCCc1nc2ccccc2[nH]1)c1cn[nH]c1-c1ccc(F)cc1. The molecule has 27 heavy (non-hydrogen) atoms. The minimum atomic E-state index is -0.324. The molecule has 0 aliphatic heterocycles. The topological polar surface area (TPSA) is 86.5 Å². The molecule has 0 aliphatic carbocycles. The second-order valence-electron chi connectivity index (χ2n) is 6.23. The standard InChI is InChI=1S/C20H18FN5O/c21-14-9-7-13(8-10-14)19-15(12-23-26-19)20(27)22-11-3-6-18-24-16-4-1-2-5-17(16)25-18/h1-2,4-5,7-10,12H,3,6,11H2,(H,22,27)(H,23,26)(H,24,25). The number of para-hydroxylation sites is 2. The smallest absolute Gasteiger partial charge is 0.255 e. The number of amides is 1. The number of halogens is 1. The molecule has 0 bridgehead atoms. The van der Waals surface area contributed by atoms with E-state index < -0.39 is 0 Å². The van der Waals surface area contributed by atoms with Crippen molar-refractivity contribution in [3.05, 3.63) is 71.9 Å². The number of nitrogens with one attached hydrogen (secondary N) is 3. The summed E-state index contributed by atoms with van der Waals surface area (Å²) < 4.78 is 13.1. The van der Waals surface area contributed by atoms with Gasteiger partial charge in [-0.3, -0.25) is 9.89 Å². The lowest BCUT2D eigenvalue weighted by Gasteiger charge is -2.05. The molecule has 0 fully saturated rings. The number of imidazole rings is 1. The number of carbonyl (C=O) groups is 1. The van der Waals surface area contributed by atoms with E-state index in [0.717, 1.165) is 29.7 Å². The highest BCUT2D eigenvalue weighted by Crippen LogP contribution is 2.21. The molecule has 0 saturated carbocycles. The van der Waals surface area contributed by atoms with Gasteiger partial charge < -0.3 is 10.3 Å². The summed E-state index contributed by atoms with van der Waals surface area (Å²) in [6.07, 6.45) is 2.98. The van der Waals surface area contributed by atoms with Gasteiger partial charge in [0, 0.05) is 18.5 Å². The number of rotatable bonds is 6. The second kappa shape index (κ2) is 7.41. The molecule has 136 valence electrons. The lowest BCUT2D eigenvalue weighted by Crippen LogP contribution is -2.25. The minimum Gasteiger partial charge on any atom is -0.352 e. The first-order chi connectivity index (χ1) is 13.2. The van der Waals surface area contributed by atoms with Gasteiger partial charge in [-0.1, -0.05) is 12.1 Å². The van der Waals surface area contributed by atoms with Crippen molar-refractivity contribution in [2.75, 3.05) is 6.54 Å². The van der Waals surface area contributed by atoms with Crippen LogP contribution in [-0.2, 0) is 6.42 Å². The molecule has 0 spiro atoms. The Morgan fingerprint density at radius 1 is 1.11 bits per heavy atom. The molecule has 2 heterocycles. The highest BCUT2D eigenvalue weighted by Gasteiger charge is 2.15. The number of H-pyrrole nitrogens is 2. The van der Waals surface area contributed by atoms with E-state index in [1.807, 2.05) is 24.3 Å². The quantitative estimate of drug-likeness (QED) is 0.459. The second-order valence-corrected chi connectivity index (χ2v) is 6.23. The maximum absolute atomic E-state index is 13.1. The van der Waals surface area contributed by atoms with Crippen LogP contribution in [0.15, 0.2) is 54.7 Å². The summed E-state index contributed by atoms with van der Waals surface area (Å²) in [4.78, 5) is 20.3. The van der Waals surface area contributed by atoms with Gasteiger partial charge in [-0.2, -0.15) is 5.10 Å². The fraction of sp³-hybridized carbons (Fsp3) is 0.150. The third kappa shape index (κ3) is 3.72. The van der Waals surface area contributed by atoms with E-state index in [1.165, 1.54) is 18.3 Å². The number of hydrogen-bond donors (Lipinski definition) is 3. The predicted molar refractivity (Wildman–Crippen MR) is 101 cm³/mol. The van der Waals surface area contributed by atoms with Gasteiger partial charge >= 0.3 is 0 Å². The summed E-state index contributed by atoms with van der Waals surface area (Å²) >= 11 is 0. The molecule has 4 aromatic rings. The van der Waals surface area contributed by atoms with E-state index in [9.17, 15) is 9.18 Å².